The van der Waals surface area contributed by atoms with Gasteiger partial charge in [-0.1, -0.05) is 12.1 Å². The van der Waals surface area contributed by atoms with E-state index in [9.17, 15) is 0 Å². The highest BCUT2D eigenvalue weighted by Crippen LogP contribution is 2.21. The van der Waals surface area contributed by atoms with Crippen molar-refractivity contribution in [2.45, 2.75) is 19.3 Å². The van der Waals surface area contributed by atoms with Crippen LogP contribution in [0.25, 0.3) is 11.0 Å². The van der Waals surface area contributed by atoms with E-state index in [1.54, 1.807) is 11.3 Å². The van der Waals surface area contributed by atoms with Crippen molar-refractivity contribution in [1.29, 1.82) is 0 Å². The summed E-state index contributed by atoms with van der Waals surface area (Å²) < 4.78 is 2.20. The average Bonchev–Trinajstić information content (AvgIpc) is 2.97. The molecule has 0 amide bonds. The Balaban J connectivity index is 2.13. The molecule has 0 N–H and O–H groups in total. The molecule has 0 aliphatic rings. The minimum absolute atomic E-state index is 0.444. The normalized spacial score (nSPS) is 11.2. The van der Waals surface area contributed by atoms with Gasteiger partial charge in [0.1, 0.15) is 5.82 Å². The third-order valence-electron chi connectivity index (χ3n) is 3.00. The lowest BCUT2D eigenvalue weighted by molar-refractivity contribution is 0.789. The smallest absolute Gasteiger partial charge is 0.125 e. The van der Waals surface area contributed by atoms with Crippen LogP contribution in [0.1, 0.15) is 16.3 Å². The molecule has 2 aromatic heterocycles. The van der Waals surface area contributed by atoms with Gasteiger partial charge in [0, 0.05) is 4.88 Å². The maximum atomic E-state index is 6.00. The minimum atomic E-state index is 0.444. The molecule has 0 saturated carbocycles. The number of thiophene rings is 1. The van der Waals surface area contributed by atoms with Crippen molar-refractivity contribution < 1.29 is 0 Å². The number of rotatable bonds is 3. The fourth-order valence-corrected chi connectivity index (χ4v) is 3.02. The van der Waals surface area contributed by atoms with E-state index in [1.807, 2.05) is 0 Å². The number of aromatic nitrogens is 2. The Labute approximate surface area is 115 Å². The van der Waals surface area contributed by atoms with Crippen molar-refractivity contribution in [2.24, 2.45) is 0 Å². The zero-order valence-corrected chi connectivity index (χ0v) is 11.6. The molecule has 0 saturated heterocycles. The van der Waals surface area contributed by atoms with E-state index in [1.165, 1.54) is 10.4 Å². The van der Waals surface area contributed by atoms with Crippen LogP contribution in [0.5, 0.6) is 0 Å². The molecule has 0 atom stereocenters. The van der Waals surface area contributed by atoms with Crippen molar-refractivity contribution in [2.75, 3.05) is 0 Å². The highest BCUT2D eigenvalue weighted by atomic mass is 35.5. The number of halogens is 1. The van der Waals surface area contributed by atoms with Crippen LogP contribution in [-0.2, 0) is 12.4 Å². The second-order valence-corrected chi connectivity index (χ2v) is 5.62. The van der Waals surface area contributed by atoms with Crippen molar-refractivity contribution in [3.63, 3.8) is 0 Å². The molecular formula is C14H13ClN2S. The first-order valence-electron chi connectivity index (χ1n) is 5.82. The van der Waals surface area contributed by atoms with Crippen molar-refractivity contribution in [1.82, 2.24) is 9.55 Å². The van der Waals surface area contributed by atoms with Crippen LogP contribution in [0.3, 0.4) is 0 Å². The van der Waals surface area contributed by atoms with E-state index in [-0.39, 0.29) is 0 Å². The lowest BCUT2D eigenvalue weighted by Gasteiger charge is -2.05. The summed E-state index contributed by atoms with van der Waals surface area (Å²) in [4.78, 5) is 5.93. The first-order valence-corrected chi connectivity index (χ1v) is 7.23. The van der Waals surface area contributed by atoms with Crippen molar-refractivity contribution in [3.8, 4) is 0 Å². The average molecular weight is 277 g/mol. The van der Waals surface area contributed by atoms with Gasteiger partial charge in [-0.25, -0.2) is 4.98 Å². The molecule has 0 aliphatic heterocycles. The molecule has 2 heterocycles. The number of hydrogen-bond acceptors (Lipinski definition) is 2. The van der Waals surface area contributed by atoms with Gasteiger partial charge in [-0.3, -0.25) is 0 Å². The van der Waals surface area contributed by atoms with Crippen LogP contribution < -0.4 is 0 Å². The molecule has 3 rings (SSSR count). The van der Waals surface area contributed by atoms with E-state index in [4.69, 9.17) is 11.6 Å². The Morgan fingerprint density at radius 2 is 2.22 bits per heavy atom. The molecule has 3 aromatic rings. The van der Waals surface area contributed by atoms with E-state index in [0.29, 0.717) is 5.88 Å². The highest BCUT2D eigenvalue weighted by molar-refractivity contribution is 7.09. The summed E-state index contributed by atoms with van der Waals surface area (Å²) in [6.07, 6.45) is 0. The van der Waals surface area contributed by atoms with E-state index < -0.39 is 0 Å². The Hall–Kier alpha value is -1.32. The third kappa shape index (κ3) is 2.04. The molecule has 0 bridgehead atoms. The van der Waals surface area contributed by atoms with Gasteiger partial charge in [-0.15, -0.1) is 22.9 Å². The summed E-state index contributed by atoms with van der Waals surface area (Å²) in [5.41, 5.74) is 3.41. The van der Waals surface area contributed by atoms with Crippen LogP contribution in [0.4, 0.5) is 0 Å². The maximum absolute atomic E-state index is 6.00. The lowest BCUT2D eigenvalue weighted by atomic mass is 10.2. The summed E-state index contributed by atoms with van der Waals surface area (Å²) in [6.45, 7) is 2.93. The Bertz CT molecular complexity index is 670. The van der Waals surface area contributed by atoms with Gasteiger partial charge in [0.2, 0.25) is 0 Å². The summed E-state index contributed by atoms with van der Waals surface area (Å²) in [6, 6.07) is 10.6. The number of alkyl halides is 1. The van der Waals surface area contributed by atoms with Gasteiger partial charge in [0.05, 0.1) is 23.5 Å². The van der Waals surface area contributed by atoms with Gasteiger partial charge in [-0.05, 0) is 36.1 Å². The molecule has 0 aliphatic carbocycles. The van der Waals surface area contributed by atoms with Crippen LogP contribution >= 0.6 is 22.9 Å². The van der Waals surface area contributed by atoms with Crippen LogP contribution in [-0.4, -0.2) is 9.55 Å². The van der Waals surface area contributed by atoms with Crippen LogP contribution in [0, 0.1) is 6.92 Å². The van der Waals surface area contributed by atoms with Crippen LogP contribution in [0.15, 0.2) is 35.7 Å². The molecule has 0 spiro atoms. The Morgan fingerprint density at radius 1 is 1.33 bits per heavy atom. The maximum Gasteiger partial charge on any atom is 0.125 e. The number of benzene rings is 1. The summed E-state index contributed by atoms with van der Waals surface area (Å²) in [7, 11) is 0. The minimum Gasteiger partial charge on any atom is -0.322 e. The molecule has 4 heteroatoms. The van der Waals surface area contributed by atoms with Crippen molar-refractivity contribution in [3.05, 3.63) is 52.0 Å². The number of hydrogen-bond donors (Lipinski definition) is 0. The molecule has 0 radical (unpaired) electrons. The third-order valence-corrected chi connectivity index (χ3v) is 4.10. The van der Waals surface area contributed by atoms with E-state index in [0.717, 1.165) is 23.4 Å². The quantitative estimate of drug-likeness (QED) is 0.656. The fraction of sp³-hybridized carbons (Fsp3) is 0.214. The predicted octanol–water partition coefficient (Wildman–Crippen LogP) is 4.19. The second-order valence-electron chi connectivity index (χ2n) is 4.32. The second kappa shape index (κ2) is 4.75. The first-order chi connectivity index (χ1) is 8.78. The van der Waals surface area contributed by atoms with Gasteiger partial charge < -0.3 is 4.57 Å². The Kier molecular flexibility index (Phi) is 3.10. The van der Waals surface area contributed by atoms with E-state index >= 15 is 0 Å². The SMILES string of the molecule is Cc1ccc2c(c1)nc(CCl)n2Cc1cccs1. The zero-order chi connectivity index (χ0) is 12.5. The Morgan fingerprint density at radius 3 is 2.94 bits per heavy atom. The summed E-state index contributed by atoms with van der Waals surface area (Å²) in [5.74, 6) is 1.38. The highest BCUT2D eigenvalue weighted by Gasteiger charge is 2.10. The molecule has 2 nitrogen and oxygen atoms in total. The monoisotopic (exact) mass is 276 g/mol. The number of imidazole rings is 1. The number of nitrogens with zero attached hydrogens (tertiary/aromatic N) is 2. The van der Waals surface area contributed by atoms with Gasteiger partial charge in [-0.2, -0.15) is 0 Å². The molecular weight excluding hydrogens is 264 g/mol. The fourth-order valence-electron chi connectivity index (χ4n) is 2.13. The van der Waals surface area contributed by atoms with Gasteiger partial charge in [0.25, 0.3) is 0 Å². The van der Waals surface area contributed by atoms with Gasteiger partial charge >= 0.3 is 0 Å². The predicted molar refractivity (Wildman–Crippen MR) is 77.4 cm³/mol. The first kappa shape index (κ1) is 11.8. The van der Waals surface area contributed by atoms with Crippen molar-refractivity contribution >= 4 is 34.0 Å². The molecule has 18 heavy (non-hydrogen) atoms. The number of fused-ring (bicyclic) bond motifs is 1. The largest absolute Gasteiger partial charge is 0.322 e. The summed E-state index contributed by atoms with van der Waals surface area (Å²) >= 11 is 7.76. The standard InChI is InChI=1S/C14H13ClN2S/c1-10-4-5-13-12(7-10)16-14(8-15)17(13)9-11-3-2-6-18-11/h2-7H,8-9H2,1H3. The topological polar surface area (TPSA) is 17.8 Å². The molecule has 92 valence electrons. The van der Waals surface area contributed by atoms with Crippen LogP contribution in [0.2, 0.25) is 0 Å². The lowest BCUT2D eigenvalue weighted by Crippen LogP contribution is -2.02. The molecule has 1 aromatic carbocycles. The zero-order valence-electron chi connectivity index (χ0n) is 10.1. The molecule has 0 fully saturated rings. The number of aryl methyl sites for hydroxylation is 1. The van der Waals surface area contributed by atoms with Gasteiger partial charge in [0.15, 0.2) is 0 Å². The summed E-state index contributed by atoms with van der Waals surface area (Å²) in [5, 5.41) is 2.10. The molecule has 0 unspecified atom stereocenters. The van der Waals surface area contributed by atoms with E-state index in [2.05, 4.69) is 52.2 Å².